The average Bonchev–Trinajstić information content (AvgIpc) is 2.52. The smallest absolute Gasteiger partial charge is 0.461 e. The third-order valence-electron chi connectivity index (χ3n) is 3.26. The standard InChI is InChI=1S/C16H17F5N2O3/c1-9-4-5-12(6-10(9)2)26-8-14(25)23-22-11(3)7-13(24)15(17,18)16(19,20)21/h4-7,22H,8H2,1-3H3,(H,23,25)/b11-7+. The van der Waals surface area contributed by atoms with Crippen LogP contribution in [-0.4, -0.2) is 30.4 Å². The Hall–Kier alpha value is -2.65. The highest BCUT2D eigenvalue weighted by atomic mass is 19.4. The van der Waals surface area contributed by atoms with Crippen LogP contribution in [0.25, 0.3) is 0 Å². The number of benzene rings is 1. The molecular weight excluding hydrogens is 363 g/mol. The highest BCUT2D eigenvalue weighted by Gasteiger charge is 2.62. The van der Waals surface area contributed by atoms with Crippen LogP contribution in [0.4, 0.5) is 22.0 Å². The summed E-state index contributed by atoms with van der Waals surface area (Å²) in [6, 6.07) is 5.14. The third-order valence-corrected chi connectivity index (χ3v) is 3.26. The number of rotatable bonds is 7. The summed E-state index contributed by atoms with van der Waals surface area (Å²) in [4.78, 5) is 22.6. The van der Waals surface area contributed by atoms with Gasteiger partial charge in [-0.25, -0.2) is 0 Å². The van der Waals surface area contributed by atoms with Gasteiger partial charge in [-0.1, -0.05) is 6.07 Å². The molecule has 0 aliphatic rings. The van der Waals surface area contributed by atoms with E-state index >= 15 is 0 Å². The van der Waals surface area contributed by atoms with E-state index in [0.717, 1.165) is 18.1 Å². The van der Waals surface area contributed by atoms with E-state index in [1.54, 1.807) is 18.2 Å². The van der Waals surface area contributed by atoms with E-state index in [-0.39, 0.29) is 6.08 Å². The lowest BCUT2D eigenvalue weighted by molar-refractivity contribution is -0.266. The van der Waals surface area contributed by atoms with E-state index in [9.17, 15) is 31.5 Å². The van der Waals surface area contributed by atoms with Gasteiger partial charge in [-0.05, 0) is 44.0 Å². The fraction of sp³-hybridized carbons (Fsp3) is 0.375. The Balaban J connectivity index is 2.53. The van der Waals surface area contributed by atoms with Gasteiger partial charge in [0.15, 0.2) is 6.61 Å². The van der Waals surface area contributed by atoms with Gasteiger partial charge in [-0.3, -0.25) is 15.0 Å². The minimum Gasteiger partial charge on any atom is -0.484 e. The number of carbonyl (C=O) groups is 2. The van der Waals surface area contributed by atoms with Crippen LogP contribution in [0.3, 0.4) is 0 Å². The lowest BCUT2D eigenvalue weighted by atomic mass is 10.1. The molecule has 1 amide bonds. The molecule has 1 aromatic carbocycles. The molecule has 0 fully saturated rings. The second kappa shape index (κ2) is 8.15. The Labute approximate surface area is 146 Å². The molecule has 10 heteroatoms. The fourth-order valence-corrected chi connectivity index (χ4v) is 1.62. The van der Waals surface area contributed by atoms with Crippen LogP contribution < -0.4 is 15.6 Å². The number of hydrogen-bond acceptors (Lipinski definition) is 4. The van der Waals surface area contributed by atoms with Crippen LogP contribution in [-0.2, 0) is 9.59 Å². The molecule has 26 heavy (non-hydrogen) atoms. The van der Waals surface area contributed by atoms with Gasteiger partial charge in [0.25, 0.3) is 5.91 Å². The van der Waals surface area contributed by atoms with Gasteiger partial charge < -0.3 is 10.2 Å². The van der Waals surface area contributed by atoms with Crippen molar-refractivity contribution in [1.82, 2.24) is 10.9 Å². The monoisotopic (exact) mass is 380 g/mol. The first-order chi connectivity index (χ1) is 11.8. The zero-order chi connectivity index (χ0) is 20.1. The van der Waals surface area contributed by atoms with Gasteiger partial charge in [-0.15, -0.1) is 0 Å². The molecule has 0 heterocycles. The number of alkyl halides is 5. The fourth-order valence-electron chi connectivity index (χ4n) is 1.62. The summed E-state index contributed by atoms with van der Waals surface area (Å²) in [5.41, 5.74) is 5.64. The van der Waals surface area contributed by atoms with Crippen LogP contribution in [0.1, 0.15) is 18.1 Å². The number of allylic oxidation sites excluding steroid dienone is 2. The second-order valence-corrected chi connectivity index (χ2v) is 5.47. The van der Waals surface area contributed by atoms with Gasteiger partial charge in [0, 0.05) is 11.8 Å². The molecule has 0 saturated heterocycles. The van der Waals surface area contributed by atoms with Gasteiger partial charge >= 0.3 is 12.1 Å². The maximum Gasteiger partial charge on any atom is 0.461 e. The van der Waals surface area contributed by atoms with Crippen LogP contribution in [0.5, 0.6) is 5.75 Å². The van der Waals surface area contributed by atoms with Gasteiger partial charge in [0.1, 0.15) is 5.75 Å². The summed E-state index contributed by atoms with van der Waals surface area (Å²) >= 11 is 0. The van der Waals surface area contributed by atoms with Crippen molar-refractivity contribution in [1.29, 1.82) is 0 Å². The maximum atomic E-state index is 12.8. The number of nitrogens with one attached hydrogen (secondary N) is 2. The third kappa shape index (κ3) is 5.71. The topological polar surface area (TPSA) is 67.4 Å². The first kappa shape index (κ1) is 21.4. The molecule has 0 unspecified atom stereocenters. The predicted octanol–water partition coefficient (Wildman–Crippen LogP) is 2.97. The molecule has 0 spiro atoms. The van der Waals surface area contributed by atoms with E-state index in [0.29, 0.717) is 5.75 Å². The minimum absolute atomic E-state index is 0.0535. The lowest BCUT2D eigenvalue weighted by Gasteiger charge is -2.17. The zero-order valence-electron chi connectivity index (χ0n) is 14.1. The number of ether oxygens (including phenoxy) is 1. The Bertz CT molecular complexity index is 714. The molecule has 5 nitrogen and oxygen atoms in total. The summed E-state index contributed by atoms with van der Waals surface area (Å²) in [7, 11) is 0. The highest BCUT2D eigenvalue weighted by Crippen LogP contribution is 2.36. The number of amides is 1. The largest absolute Gasteiger partial charge is 0.484 e. The number of halogens is 5. The number of carbonyl (C=O) groups excluding carboxylic acids is 2. The first-order valence-electron chi connectivity index (χ1n) is 7.26. The highest BCUT2D eigenvalue weighted by molar-refractivity contribution is 5.96. The Kier molecular flexibility index (Phi) is 6.71. The van der Waals surface area contributed by atoms with Crippen molar-refractivity contribution in [2.24, 2.45) is 0 Å². The number of hydrogen-bond donors (Lipinski definition) is 2. The number of aryl methyl sites for hydroxylation is 2. The van der Waals surface area contributed by atoms with Crippen molar-refractivity contribution in [3.63, 3.8) is 0 Å². The molecule has 144 valence electrons. The van der Waals surface area contributed by atoms with Crippen molar-refractivity contribution >= 4 is 11.7 Å². The van der Waals surface area contributed by atoms with E-state index < -0.39 is 36.1 Å². The van der Waals surface area contributed by atoms with Crippen LogP contribution in [0.15, 0.2) is 30.0 Å². The van der Waals surface area contributed by atoms with Gasteiger partial charge in [-0.2, -0.15) is 22.0 Å². The van der Waals surface area contributed by atoms with E-state index in [4.69, 9.17) is 4.74 Å². The van der Waals surface area contributed by atoms with Crippen molar-refractivity contribution in [3.05, 3.63) is 41.1 Å². The quantitative estimate of drug-likeness (QED) is 0.434. The molecule has 0 atom stereocenters. The van der Waals surface area contributed by atoms with Crippen molar-refractivity contribution < 1.29 is 36.3 Å². The van der Waals surface area contributed by atoms with Crippen LogP contribution in [0.2, 0.25) is 0 Å². The Morgan fingerprint density at radius 1 is 1.08 bits per heavy atom. The summed E-state index contributed by atoms with van der Waals surface area (Å²) in [6.07, 6.45) is -5.94. The summed E-state index contributed by atoms with van der Waals surface area (Å²) < 4.78 is 67.0. The van der Waals surface area contributed by atoms with Gasteiger partial charge in [0.2, 0.25) is 5.78 Å². The summed E-state index contributed by atoms with van der Waals surface area (Å²) in [6.45, 7) is 4.35. The molecule has 0 bridgehead atoms. The molecule has 0 aliphatic carbocycles. The normalized spacial score (nSPS) is 12.5. The molecular formula is C16H17F5N2O3. The lowest BCUT2D eigenvalue weighted by Crippen LogP contribution is -2.44. The van der Waals surface area contributed by atoms with Crippen molar-refractivity contribution in [3.8, 4) is 5.75 Å². The van der Waals surface area contributed by atoms with Crippen molar-refractivity contribution in [2.45, 2.75) is 32.9 Å². The van der Waals surface area contributed by atoms with Gasteiger partial charge in [0.05, 0.1) is 0 Å². The predicted molar refractivity (Wildman–Crippen MR) is 82.5 cm³/mol. The zero-order valence-corrected chi connectivity index (χ0v) is 14.1. The Morgan fingerprint density at radius 3 is 2.23 bits per heavy atom. The molecule has 1 rings (SSSR count). The molecule has 0 saturated carbocycles. The molecule has 0 aromatic heterocycles. The average molecular weight is 380 g/mol. The van der Waals surface area contributed by atoms with E-state index in [1.165, 1.54) is 0 Å². The molecule has 0 radical (unpaired) electrons. The van der Waals surface area contributed by atoms with Crippen LogP contribution in [0, 0.1) is 13.8 Å². The second-order valence-electron chi connectivity index (χ2n) is 5.47. The first-order valence-corrected chi connectivity index (χ1v) is 7.26. The van der Waals surface area contributed by atoms with E-state index in [2.05, 4.69) is 5.43 Å². The summed E-state index contributed by atoms with van der Waals surface area (Å²) in [5, 5.41) is 0. The van der Waals surface area contributed by atoms with Crippen LogP contribution >= 0.6 is 0 Å². The Morgan fingerprint density at radius 2 is 1.69 bits per heavy atom. The number of hydrazine groups is 1. The minimum atomic E-state index is -6.00. The molecule has 1 aromatic rings. The van der Waals surface area contributed by atoms with Crippen molar-refractivity contribution in [2.75, 3.05) is 6.61 Å². The van der Waals surface area contributed by atoms with E-state index in [1.807, 2.05) is 19.3 Å². The molecule has 0 aliphatic heterocycles. The number of ketones is 1. The maximum absolute atomic E-state index is 12.8. The molecule has 2 N–H and O–H groups in total. The summed E-state index contributed by atoms with van der Waals surface area (Å²) in [5.74, 6) is -8.26. The SMILES string of the molecule is C/C(=C\C(=O)C(F)(F)C(F)(F)F)NNC(=O)COc1ccc(C)c(C)c1.